The van der Waals surface area contributed by atoms with E-state index in [-0.39, 0.29) is 16.8 Å². The third-order valence-corrected chi connectivity index (χ3v) is 5.45. The third-order valence-electron chi connectivity index (χ3n) is 5.45. The quantitative estimate of drug-likeness (QED) is 0.606. The molecule has 2 aromatic carbocycles. The van der Waals surface area contributed by atoms with Crippen LogP contribution in [-0.2, 0) is 11.0 Å². The number of benzene rings is 2. The van der Waals surface area contributed by atoms with Gasteiger partial charge in [-0.25, -0.2) is 5.53 Å². The highest BCUT2D eigenvalue weighted by molar-refractivity contribution is 5.98. The molecule has 4 rings (SSSR count). The smallest absolute Gasteiger partial charge is 0.221 e. The fraction of sp³-hybridized carbons (Fsp3) is 0.300. The fourth-order valence-corrected chi connectivity index (χ4v) is 4.56. The Bertz CT molecular complexity index is 956. The zero-order chi connectivity index (χ0) is 17.1. The molecule has 0 amide bonds. The minimum atomic E-state index is -0.287. The molecule has 4 heteroatoms. The van der Waals surface area contributed by atoms with E-state index in [0.717, 1.165) is 17.3 Å². The van der Waals surface area contributed by atoms with Crippen molar-refractivity contribution in [3.8, 4) is 5.88 Å². The lowest BCUT2D eigenvalue weighted by atomic mass is 9.66. The topological polar surface area (TPSA) is 61.4 Å². The number of nitrogens with zero attached hydrogens (tertiary/aromatic N) is 2. The summed E-state index contributed by atoms with van der Waals surface area (Å²) >= 11 is 0. The predicted octanol–water partition coefficient (Wildman–Crippen LogP) is 5.45. The van der Waals surface area contributed by atoms with Gasteiger partial charge in [0.1, 0.15) is 0 Å². The highest BCUT2D eigenvalue weighted by Crippen LogP contribution is 2.54. The standard InChI is InChI=1S/C20H21N3O/c1-19(2)12-20(3,13-8-5-4-6-9-13)15-11-7-10-14-16(22-21)18(24)23(19)17(14)15/h4-11,21,24H,12H2,1-3H3/t20-/m0/s1. The van der Waals surface area contributed by atoms with Crippen LogP contribution >= 0.6 is 0 Å². The molecule has 122 valence electrons. The van der Waals surface area contributed by atoms with Crippen LogP contribution in [0.25, 0.3) is 10.9 Å². The minimum absolute atomic E-state index is 0.0903. The number of rotatable bonds is 2. The highest BCUT2D eigenvalue weighted by atomic mass is 16.3. The number of para-hydroxylation sites is 1. The monoisotopic (exact) mass is 319 g/mol. The van der Waals surface area contributed by atoms with Gasteiger partial charge in [0.25, 0.3) is 0 Å². The summed E-state index contributed by atoms with van der Waals surface area (Å²) < 4.78 is 1.95. The van der Waals surface area contributed by atoms with Gasteiger partial charge >= 0.3 is 0 Å². The van der Waals surface area contributed by atoms with E-state index in [9.17, 15) is 5.11 Å². The molecule has 0 radical (unpaired) electrons. The summed E-state index contributed by atoms with van der Waals surface area (Å²) in [4.78, 5) is 0. The summed E-state index contributed by atoms with van der Waals surface area (Å²) in [6, 6.07) is 16.6. The van der Waals surface area contributed by atoms with Gasteiger partial charge in [-0.3, -0.25) is 0 Å². The Morgan fingerprint density at radius 2 is 1.75 bits per heavy atom. The van der Waals surface area contributed by atoms with Crippen LogP contribution in [0.4, 0.5) is 5.69 Å². The molecule has 3 aromatic rings. The van der Waals surface area contributed by atoms with Gasteiger partial charge < -0.3 is 9.67 Å². The van der Waals surface area contributed by atoms with Crippen molar-refractivity contribution in [3.63, 3.8) is 0 Å². The van der Waals surface area contributed by atoms with Crippen molar-refractivity contribution in [1.82, 2.24) is 4.57 Å². The van der Waals surface area contributed by atoms with Crippen LogP contribution in [0.15, 0.2) is 53.6 Å². The molecule has 4 nitrogen and oxygen atoms in total. The van der Waals surface area contributed by atoms with Gasteiger partial charge in [0.2, 0.25) is 5.88 Å². The predicted molar refractivity (Wildman–Crippen MR) is 95.2 cm³/mol. The molecule has 0 saturated carbocycles. The fourth-order valence-electron chi connectivity index (χ4n) is 4.56. The molecule has 1 aromatic heterocycles. The summed E-state index contributed by atoms with van der Waals surface area (Å²) in [5.41, 5.74) is 10.8. The van der Waals surface area contributed by atoms with Crippen molar-refractivity contribution in [2.24, 2.45) is 5.11 Å². The third kappa shape index (κ3) is 1.74. The van der Waals surface area contributed by atoms with E-state index in [0.29, 0.717) is 5.69 Å². The molecular formula is C20H21N3O. The zero-order valence-electron chi connectivity index (χ0n) is 14.2. The van der Waals surface area contributed by atoms with Crippen molar-refractivity contribution < 1.29 is 5.11 Å². The normalized spacial score (nSPS) is 21.8. The van der Waals surface area contributed by atoms with E-state index in [1.165, 1.54) is 11.1 Å². The summed E-state index contributed by atoms with van der Waals surface area (Å²) in [5.74, 6) is 0.0903. The van der Waals surface area contributed by atoms with Gasteiger partial charge in [-0.05, 0) is 31.4 Å². The van der Waals surface area contributed by atoms with E-state index < -0.39 is 0 Å². The van der Waals surface area contributed by atoms with Crippen LogP contribution in [0.5, 0.6) is 5.88 Å². The minimum Gasteiger partial charge on any atom is -0.493 e. The SMILES string of the molecule is CC1(C)C[C@@](C)(c2ccccc2)c2cccc3c(N=N)c(O)n1c23. The van der Waals surface area contributed by atoms with Crippen LogP contribution in [0.1, 0.15) is 38.3 Å². The van der Waals surface area contributed by atoms with Crippen molar-refractivity contribution >= 4 is 16.6 Å². The Balaban J connectivity index is 2.16. The second-order valence-corrected chi connectivity index (χ2v) is 7.51. The van der Waals surface area contributed by atoms with Crippen LogP contribution in [-0.4, -0.2) is 9.67 Å². The van der Waals surface area contributed by atoms with Crippen molar-refractivity contribution in [2.75, 3.05) is 0 Å². The first-order valence-corrected chi connectivity index (χ1v) is 8.20. The summed E-state index contributed by atoms with van der Waals surface area (Å²) in [5, 5.41) is 15.1. The second kappa shape index (κ2) is 4.69. The molecule has 1 aliphatic heterocycles. The van der Waals surface area contributed by atoms with Crippen molar-refractivity contribution in [1.29, 1.82) is 5.53 Å². The van der Waals surface area contributed by atoms with Crippen molar-refractivity contribution in [3.05, 3.63) is 59.7 Å². The molecule has 0 spiro atoms. The van der Waals surface area contributed by atoms with Crippen LogP contribution in [0.3, 0.4) is 0 Å². The number of hydrogen-bond acceptors (Lipinski definition) is 3. The van der Waals surface area contributed by atoms with Gasteiger partial charge in [0.15, 0.2) is 5.69 Å². The maximum atomic E-state index is 10.7. The lowest BCUT2D eigenvalue weighted by molar-refractivity contribution is 0.236. The average molecular weight is 319 g/mol. The van der Waals surface area contributed by atoms with E-state index in [1.54, 1.807) is 0 Å². The first-order chi connectivity index (χ1) is 11.4. The van der Waals surface area contributed by atoms with Gasteiger partial charge in [0, 0.05) is 16.3 Å². The molecule has 1 aliphatic rings. The van der Waals surface area contributed by atoms with Crippen LogP contribution < -0.4 is 0 Å². The average Bonchev–Trinajstić information content (AvgIpc) is 2.86. The summed E-state index contributed by atoms with van der Waals surface area (Å²) in [7, 11) is 0. The van der Waals surface area contributed by atoms with Crippen LogP contribution in [0, 0.1) is 5.53 Å². The molecule has 0 aliphatic carbocycles. The lowest BCUT2D eigenvalue weighted by Crippen LogP contribution is -2.41. The van der Waals surface area contributed by atoms with E-state index >= 15 is 0 Å². The number of aromatic hydroxyl groups is 1. The first kappa shape index (κ1) is 14.9. The largest absolute Gasteiger partial charge is 0.493 e. The van der Waals surface area contributed by atoms with Gasteiger partial charge in [-0.2, -0.15) is 5.11 Å². The Morgan fingerprint density at radius 3 is 2.42 bits per heavy atom. The van der Waals surface area contributed by atoms with E-state index in [2.05, 4.69) is 56.2 Å². The van der Waals surface area contributed by atoms with Gasteiger partial charge in [-0.1, -0.05) is 55.5 Å². The molecule has 0 fully saturated rings. The molecule has 1 atom stereocenters. The summed E-state index contributed by atoms with van der Waals surface area (Å²) in [6.45, 7) is 6.54. The molecule has 24 heavy (non-hydrogen) atoms. The maximum absolute atomic E-state index is 10.7. The second-order valence-electron chi connectivity index (χ2n) is 7.51. The van der Waals surface area contributed by atoms with E-state index in [4.69, 9.17) is 5.53 Å². The first-order valence-electron chi connectivity index (χ1n) is 8.20. The molecule has 0 bridgehead atoms. The molecular weight excluding hydrogens is 298 g/mol. The number of hydrogen-bond donors (Lipinski definition) is 2. The lowest BCUT2D eigenvalue weighted by Gasteiger charge is -2.45. The number of nitrogens with one attached hydrogen (secondary N) is 1. The Morgan fingerprint density at radius 1 is 1.04 bits per heavy atom. The Hall–Kier alpha value is -2.62. The maximum Gasteiger partial charge on any atom is 0.221 e. The highest BCUT2D eigenvalue weighted by Gasteiger charge is 2.44. The summed E-state index contributed by atoms with van der Waals surface area (Å²) in [6.07, 6.45) is 0.857. The number of aromatic nitrogens is 1. The van der Waals surface area contributed by atoms with Gasteiger partial charge in [0.05, 0.1) is 5.52 Å². The van der Waals surface area contributed by atoms with Gasteiger partial charge in [-0.15, -0.1) is 0 Å². The molecule has 0 saturated heterocycles. The molecule has 0 unspecified atom stereocenters. The Labute approximate surface area is 141 Å². The zero-order valence-corrected chi connectivity index (χ0v) is 14.2. The molecule has 2 N–H and O–H groups in total. The van der Waals surface area contributed by atoms with Crippen molar-refractivity contribution in [2.45, 2.75) is 38.1 Å². The molecule has 2 heterocycles. The Kier molecular flexibility index (Phi) is 2.92. The van der Waals surface area contributed by atoms with Crippen LogP contribution in [0.2, 0.25) is 0 Å². The van der Waals surface area contributed by atoms with E-state index in [1.807, 2.05) is 22.8 Å².